The molecule has 7 rings (SSSR count). The Morgan fingerprint density at radius 3 is 0.864 bits per heavy atom. The molecule has 7 aromatic rings. The third-order valence-corrected chi connectivity index (χ3v) is 17.2. The molecule has 212 valence electrons. The average molecular weight is 599 g/mol. The summed E-state index contributed by atoms with van der Waals surface area (Å²) in [6.45, 7) is 0. The minimum atomic E-state index is -2.70. The van der Waals surface area contributed by atoms with Crippen LogP contribution in [0.5, 0.6) is 0 Å². The van der Waals surface area contributed by atoms with Crippen molar-refractivity contribution >= 4 is 38.8 Å². The fraction of sp³-hybridized carbons (Fsp3) is 0. The number of hydrogen-bond donors (Lipinski definition) is 0. The third-order valence-electron chi connectivity index (χ3n) is 8.53. The van der Waals surface area contributed by atoms with Gasteiger partial charge in [-0.05, 0) is 69.3 Å². The molecule has 0 heterocycles. The molecule has 0 amide bonds. The molecule has 0 N–H and O–H groups in total. The van der Waals surface area contributed by atoms with Gasteiger partial charge in [0.2, 0.25) is 0 Å². The van der Waals surface area contributed by atoms with Crippen molar-refractivity contribution in [2.75, 3.05) is 0 Å². The highest BCUT2D eigenvalue weighted by atomic mass is 32.3. The minimum Gasteiger partial charge on any atom is -0.133 e. The Labute approximate surface area is 263 Å². The molecule has 0 saturated carbocycles. The number of rotatable bonds is 8. The van der Waals surface area contributed by atoms with Gasteiger partial charge in [-0.2, -0.15) is 0 Å². The maximum atomic E-state index is 2.56. The monoisotopic (exact) mass is 598 g/mol. The summed E-state index contributed by atoms with van der Waals surface area (Å²) in [5.41, 5.74) is 0. The second kappa shape index (κ2) is 12.4. The van der Waals surface area contributed by atoms with Crippen molar-refractivity contribution in [3.8, 4) is 0 Å². The maximum absolute atomic E-state index is 2.70. The highest BCUT2D eigenvalue weighted by Gasteiger charge is 2.42. The molecule has 0 aliphatic rings. The molecule has 0 spiro atoms. The van der Waals surface area contributed by atoms with Gasteiger partial charge in [0.1, 0.15) is 0 Å². The van der Waals surface area contributed by atoms with E-state index in [1.807, 2.05) is 0 Å². The van der Waals surface area contributed by atoms with Crippen molar-refractivity contribution in [3.05, 3.63) is 206 Å². The highest BCUT2D eigenvalue weighted by Crippen LogP contribution is 2.73. The van der Waals surface area contributed by atoms with Crippen molar-refractivity contribution in [2.24, 2.45) is 0 Å². The van der Waals surface area contributed by atoms with Crippen LogP contribution in [0.25, 0.3) is 0 Å². The summed E-state index contributed by atoms with van der Waals surface area (Å²) in [6, 6.07) is 76.6. The van der Waals surface area contributed by atoms with Crippen LogP contribution in [0.2, 0.25) is 0 Å². The van der Waals surface area contributed by atoms with Crippen LogP contribution in [0, 0.1) is 0 Å². The van der Waals surface area contributed by atoms with Gasteiger partial charge in [0.15, 0.2) is 8.07 Å². The van der Waals surface area contributed by atoms with E-state index in [1.54, 1.807) is 0 Å². The molecule has 0 aliphatic carbocycles. The molecule has 0 unspecified atom stereocenters. The van der Waals surface area contributed by atoms with Crippen LogP contribution >= 0.6 is 10.0 Å². The Morgan fingerprint density at radius 1 is 0.250 bits per heavy atom. The zero-order chi connectivity index (χ0) is 29.7. The van der Waals surface area contributed by atoms with Gasteiger partial charge >= 0.3 is 0 Å². The highest BCUT2D eigenvalue weighted by molar-refractivity contribution is 8.34. The summed E-state index contributed by atoms with van der Waals surface area (Å²) in [6.07, 6.45) is 0. The molecular formula is C42H34SSi. The fourth-order valence-corrected chi connectivity index (χ4v) is 15.5. The summed E-state index contributed by atoms with van der Waals surface area (Å²) in [5, 5.41) is 5.54. The van der Waals surface area contributed by atoms with Gasteiger partial charge < -0.3 is 0 Å². The van der Waals surface area contributed by atoms with E-state index in [2.05, 4.69) is 206 Å². The first-order valence-electron chi connectivity index (χ1n) is 15.1. The van der Waals surface area contributed by atoms with Gasteiger partial charge in [0.25, 0.3) is 0 Å². The molecule has 44 heavy (non-hydrogen) atoms. The predicted molar refractivity (Wildman–Crippen MR) is 190 cm³/mol. The molecular weight excluding hydrogens is 565 g/mol. The SMILES string of the molecule is c1ccc([Si](c2ccccc2)(c2ccccc2)c2cccc(S(c3ccccc3)(c3ccccc3)c3ccccc3)c2)cc1. The lowest BCUT2D eigenvalue weighted by Crippen LogP contribution is -2.74. The molecule has 0 fully saturated rings. The molecule has 0 nitrogen and oxygen atoms in total. The molecule has 0 aromatic heterocycles. The van der Waals surface area contributed by atoms with E-state index in [0.29, 0.717) is 0 Å². The van der Waals surface area contributed by atoms with Crippen molar-refractivity contribution in [1.29, 1.82) is 0 Å². The van der Waals surface area contributed by atoms with Crippen LogP contribution < -0.4 is 20.7 Å². The Hall–Kier alpha value is -4.89. The van der Waals surface area contributed by atoms with Crippen LogP contribution in [-0.2, 0) is 0 Å². The van der Waals surface area contributed by atoms with Crippen LogP contribution in [0.1, 0.15) is 0 Å². The van der Waals surface area contributed by atoms with Crippen molar-refractivity contribution in [3.63, 3.8) is 0 Å². The molecule has 0 atom stereocenters. The van der Waals surface area contributed by atoms with Gasteiger partial charge in [0.05, 0.1) is 0 Å². The van der Waals surface area contributed by atoms with Gasteiger partial charge in [-0.25, -0.2) is 0 Å². The lowest BCUT2D eigenvalue weighted by Gasteiger charge is -2.43. The fourth-order valence-electron chi connectivity index (χ4n) is 6.67. The zero-order valence-electron chi connectivity index (χ0n) is 24.5. The Kier molecular flexibility index (Phi) is 7.85. The van der Waals surface area contributed by atoms with Crippen LogP contribution in [-0.4, -0.2) is 8.07 Å². The molecule has 0 radical (unpaired) electrons. The maximum Gasteiger partial charge on any atom is 0.179 e. The van der Waals surface area contributed by atoms with Crippen LogP contribution in [0.3, 0.4) is 0 Å². The topological polar surface area (TPSA) is 0 Å². The van der Waals surface area contributed by atoms with E-state index < -0.39 is 18.1 Å². The first kappa shape index (κ1) is 27.9. The molecule has 0 bridgehead atoms. The Morgan fingerprint density at radius 2 is 0.523 bits per heavy atom. The summed E-state index contributed by atoms with van der Waals surface area (Å²) in [4.78, 5) is 5.35. The van der Waals surface area contributed by atoms with E-state index in [9.17, 15) is 0 Å². The summed E-state index contributed by atoms with van der Waals surface area (Å²) in [7, 11) is -4.52. The lowest BCUT2D eigenvalue weighted by molar-refractivity contribution is 1.24. The van der Waals surface area contributed by atoms with E-state index in [0.717, 1.165) is 0 Å². The van der Waals surface area contributed by atoms with E-state index >= 15 is 0 Å². The standard InChI is InChI=1S/C42H34SSi/c1-7-20-35(21-8-1)43(36-22-9-2-10-23-36,37-24-11-3-12-25-37)38-26-19-33-42(34-38)44(39-27-13-4-14-28-39,40-29-15-5-16-30-40)41-31-17-6-18-32-41/h1-34H. The number of benzene rings is 7. The third kappa shape index (κ3) is 4.73. The molecule has 0 aliphatic heterocycles. The van der Waals surface area contributed by atoms with Crippen molar-refractivity contribution < 1.29 is 0 Å². The van der Waals surface area contributed by atoms with Gasteiger partial charge in [-0.3, -0.25) is 0 Å². The predicted octanol–water partition coefficient (Wildman–Crippen LogP) is 8.40. The van der Waals surface area contributed by atoms with Gasteiger partial charge in [-0.15, -0.1) is 10.0 Å². The lowest BCUT2D eigenvalue weighted by atomic mass is 10.3. The largest absolute Gasteiger partial charge is 0.179 e. The normalized spacial score (nSPS) is 12.0. The summed E-state index contributed by atoms with van der Waals surface area (Å²) < 4.78 is 0. The summed E-state index contributed by atoms with van der Waals surface area (Å²) in [5.74, 6) is 0. The summed E-state index contributed by atoms with van der Waals surface area (Å²) >= 11 is 0. The molecule has 0 saturated heterocycles. The van der Waals surface area contributed by atoms with Crippen LogP contribution in [0.15, 0.2) is 226 Å². The first-order valence-corrected chi connectivity index (χ1v) is 18.7. The first-order chi connectivity index (χ1) is 21.8. The minimum absolute atomic E-state index is 1.33. The van der Waals surface area contributed by atoms with E-state index in [1.165, 1.54) is 40.3 Å². The zero-order valence-corrected chi connectivity index (χ0v) is 26.4. The quantitative estimate of drug-likeness (QED) is 0.122. The van der Waals surface area contributed by atoms with E-state index in [-0.39, 0.29) is 0 Å². The Balaban J connectivity index is 1.61. The van der Waals surface area contributed by atoms with E-state index in [4.69, 9.17) is 0 Å². The smallest absolute Gasteiger partial charge is 0.133 e. The number of hydrogen-bond acceptors (Lipinski definition) is 0. The molecule has 2 heteroatoms. The van der Waals surface area contributed by atoms with Crippen molar-refractivity contribution in [2.45, 2.75) is 19.6 Å². The second-order valence-electron chi connectivity index (χ2n) is 10.9. The van der Waals surface area contributed by atoms with Crippen molar-refractivity contribution in [1.82, 2.24) is 0 Å². The van der Waals surface area contributed by atoms with Gasteiger partial charge in [-0.1, -0.05) is 158 Å². The van der Waals surface area contributed by atoms with Crippen LogP contribution in [0.4, 0.5) is 0 Å². The molecule has 7 aromatic carbocycles. The average Bonchev–Trinajstić information content (AvgIpc) is 3.12. The Bertz CT molecular complexity index is 1590. The second-order valence-corrected chi connectivity index (χ2v) is 17.8. The van der Waals surface area contributed by atoms with Gasteiger partial charge in [0, 0.05) is 19.6 Å².